The summed E-state index contributed by atoms with van der Waals surface area (Å²) in [6.07, 6.45) is -3.11. The molecule has 0 saturated heterocycles. The van der Waals surface area contributed by atoms with Crippen LogP contribution >= 0.6 is 0 Å². The van der Waals surface area contributed by atoms with E-state index in [1.165, 1.54) is 0 Å². The molecule has 1 heterocycles. The van der Waals surface area contributed by atoms with Gasteiger partial charge in [-0.1, -0.05) is 48.5 Å². The van der Waals surface area contributed by atoms with Gasteiger partial charge in [0.15, 0.2) is 0 Å². The van der Waals surface area contributed by atoms with Crippen LogP contribution in [-0.2, 0) is 4.79 Å². The van der Waals surface area contributed by atoms with E-state index in [9.17, 15) is 18.0 Å². The molecule has 0 aliphatic carbocycles. The lowest BCUT2D eigenvalue weighted by atomic mass is 9.91. The van der Waals surface area contributed by atoms with Crippen molar-refractivity contribution in [3.8, 4) is 0 Å². The second-order valence-electron chi connectivity index (χ2n) is 5.46. The fourth-order valence-electron chi connectivity index (χ4n) is 2.77. The summed E-state index contributed by atoms with van der Waals surface area (Å²) in [6, 6.07) is 16.7. The first kappa shape index (κ1) is 16.1. The normalized spacial score (nSPS) is 13.0. The van der Waals surface area contributed by atoms with Crippen molar-refractivity contribution in [3.05, 3.63) is 71.9 Å². The summed E-state index contributed by atoms with van der Waals surface area (Å²) in [7, 11) is 0. The molecule has 1 aromatic heterocycles. The zero-order valence-corrected chi connectivity index (χ0v) is 12.6. The first-order valence-electron chi connectivity index (χ1n) is 7.43. The largest absolute Gasteiger partial charge is 0.471 e. The number of nitrogens with one attached hydrogen (secondary N) is 2. The van der Waals surface area contributed by atoms with E-state index < -0.39 is 12.1 Å². The monoisotopic (exact) mass is 332 g/mol. The number of benzene rings is 2. The van der Waals surface area contributed by atoms with E-state index in [4.69, 9.17) is 0 Å². The van der Waals surface area contributed by atoms with Crippen LogP contribution in [0.2, 0.25) is 0 Å². The molecule has 0 radical (unpaired) electrons. The van der Waals surface area contributed by atoms with E-state index in [-0.39, 0.29) is 12.5 Å². The first-order valence-corrected chi connectivity index (χ1v) is 7.43. The van der Waals surface area contributed by atoms with Crippen LogP contribution in [0.15, 0.2) is 60.8 Å². The third-order valence-corrected chi connectivity index (χ3v) is 3.92. The van der Waals surface area contributed by atoms with Crippen molar-refractivity contribution in [3.63, 3.8) is 0 Å². The lowest BCUT2D eigenvalue weighted by molar-refractivity contribution is -0.173. The van der Waals surface area contributed by atoms with Crippen molar-refractivity contribution in [1.29, 1.82) is 0 Å². The summed E-state index contributed by atoms with van der Waals surface area (Å²) in [5, 5.41) is 2.92. The second-order valence-corrected chi connectivity index (χ2v) is 5.46. The number of para-hydroxylation sites is 1. The number of hydrogen-bond acceptors (Lipinski definition) is 1. The molecule has 0 bridgehead atoms. The van der Waals surface area contributed by atoms with Crippen molar-refractivity contribution in [2.45, 2.75) is 12.1 Å². The molecule has 2 aromatic carbocycles. The predicted molar refractivity (Wildman–Crippen MR) is 85.6 cm³/mol. The van der Waals surface area contributed by atoms with Gasteiger partial charge in [0.25, 0.3) is 0 Å². The number of amides is 1. The van der Waals surface area contributed by atoms with Crippen LogP contribution in [0.3, 0.4) is 0 Å². The minimum atomic E-state index is -4.89. The Kier molecular flexibility index (Phi) is 4.29. The van der Waals surface area contributed by atoms with E-state index in [0.717, 1.165) is 22.0 Å². The van der Waals surface area contributed by atoms with Crippen molar-refractivity contribution in [2.75, 3.05) is 6.54 Å². The molecule has 1 atom stereocenters. The van der Waals surface area contributed by atoms with E-state index in [1.807, 2.05) is 59.9 Å². The number of aromatic nitrogens is 1. The Morgan fingerprint density at radius 1 is 1.04 bits per heavy atom. The summed E-state index contributed by atoms with van der Waals surface area (Å²) >= 11 is 0. The highest BCUT2D eigenvalue weighted by molar-refractivity contribution is 5.85. The zero-order chi connectivity index (χ0) is 17.2. The van der Waals surface area contributed by atoms with Crippen LogP contribution < -0.4 is 5.32 Å². The van der Waals surface area contributed by atoms with Gasteiger partial charge in [0.1, 0.15) is 0 Å². The Labute approximate surface area is 136 Å². The molecule has 0 aliphatic rings. The molecule has 1 amide bonds. The van der Waals surface area contributed by atoms with Gasteiger partial charge in [0.2, 0.25) is 0 Å². The van der Waals surface area contributed by atoms with Gasteiger partial charge in [-0.15, -0.1) is 0 Å². The maximum Gasteiger partial charge on any atom is 0.471 e. The molecule has 0 spiro atoms. The summed E-state index contributed by atoms with van der Waals surface area (Å²) in [6.45, 7) is -0.135. The number of aromatic amines is 1. The van der Waals surface area contributed by atoms with Crippen LogP contribution in [0.5, 0.6) is 0 Å². The van der Waals surface area contributed by atoms with Crippen LogP contribution in [0.4, 0.5) is 13.2 Å². The standard InChI is InChI=1S/C18H15F3N2O/c19-18(20,21)17(24)23-10-14(12-6-2-1-3-7-12)15-11-22-16-9-5-4-8-13(15)16/h1-9,11,14,22H,10H2,(H,23,24). The minimum Gasteiger partial charge on any atom is -0.361 e. The Balaban J connectivity index is 1.96. The SMILES string of the molecule is O=C(NCC(c1ccccc1)c1c[nH]c2ccccc12)C(F)(F)F. The van der Waals surface area contributed by atoms with E-state index in [2.05, 4.69) is 4.98 Å². The van der Waals surface area contributed by atoms with Crippen LogP contribution in [0.25, 0.3) is 10.9 Å². The van der Waals surface area contributed by atoms with Crippen molar-refractivity contribution in [2.24, 2.45) is 0 Å². The zero-order valence-electron chi connectivity index (χ0n) is 12.6. The number of halogens is 3. The van der Waals surface area contributed by atoms with Gasteiger partial charge in [0, 0.05) is 29.6 Å². The van der Waals surface area contributed by atoms with Crippen LogP contribution in [0.1, 0.15) is 17.0 Å². The molecule has 24 heavy (non-hydrogen) atoms. The van der Waals surface area contributed by atoms with Crippen molar-refractivity contribution >= 4 is 16.8 Å². The van der Waals surface area contributed by atoms with Gasteiger partial charge in [-0.25, -0.2) is 0 Å². The third-order valence-electron chi connectivity index (χ3n) is 3.92. The molecule has 1 unspecified atom stereocenters. The molecule has 3 nitrogen and oxygen atoms in total. The Bertz CT molecular complexity index is 840. The van der Waals surface area contributed by atoms with Crippen LogP contribution in [-0.4, -0.2) is 23.6 Å². The van der Waals surface area contributed by atoms with E-state index in [1.54, 1.807) is 6.20 Å². The molecule has 124 valence electrons. The van der Waals surface area contributed by atoms with Gasteiger partial charge in [-0.05, 0) is 17.2 Å². The summed E-state index contributed by atoms with van der Waals surface area (Å²) in [5.74, 6) is -2.31. The highest BCUT2D eigenvalue weighted by Crippen LogP contribution is 2.30. The number of hydrogen-bond donors (Lipinski definition) is 2. The molecular weight excluding hydrogens is 317 g/mol. The molecule has 2 N–H and O–H groups in total. The van der Waals surface area contributed by atoms with Gasteiger partial charge in [-0.3, -0.25) is 4.79 Å². The van der Waals surface area contributed by atoms with Crippen LogP contribution in [0, 0.1) is 0 Å². The number of fused-ring (bicyclic) bond motifs is 1. The molecule has 6 heteroatoms. The highest BCUT2D eigenvalue weighted by atomic mass is 19.4. The molecule has 0 fully saturated rings. The first-order chi connectivity index (χ1) is 11.5. The highest BCUT2D eigenvalue weighted by Gasteiger charge is 2.38. The molecule has 3 rings (SSSR count). The van der Waals surface area contributed by atoms with E-state index in [0.29, 0.717) is 0 Å². The average Bonchev–Trinajstić information content (AvgIpc) is 2.99. The number of rotatable bonds is 4. The summed E-state index contributed by atoms with van der Waals surface area (Å²) in [5.41, 5.74) is 2.58. The van der Waals surface area contributed by atoms with Gasteiger partial charge < -0.3 is 10.3 Å². The minimum absolute atomic E-state index is 0.135. The van der Waals surface area contributed by atoms with Gasteiger partial charge in [-0.2, -0.15) is 13.2 Å². The maximum atomic E-state index is 12.5. The Morgan fingerprint density at radius 3 is 2.42 bits per heavy atom. The number of carbonyl (C=O) groups excluding carboxylic acids is 1. The summed E-state index contributed by atoms with van der Waals surface area (Å²) < 4.78 is 37.4. The van der Waals surface area contributed by atoms with Crippen molar-refractivity contribution in [1.82, 2.24) is 10.3 Å². The lowest BCUT2D eigenvalue weighted by Crippen LogP contribution is -2.39. The van der Waals surface area contributed by atoms with Gasteiger partial charge in [0.05, 0.1) is 0 Å². The quantitative estimate of drug-likeness (QED) is 0.746. The molecular formula is C18H15F3N2O. The van der Waals surface area contributed by atoms with E-state index >= 15 is 0 Å². The fraction of sp³-hybridized carbons (Fsp3) is 0.167. The molecule has 3 aromatic rings. The Morgan fingerprint density at radius 2 is 1.71 bits per heavy atom. The smallest absolute Gasteiger partial charge is 0.361 e. The average molecular weight is 332 g/mol. The lowest BCUT2D eigenvalue weighted by Gasteiger charge is -2.18. The topological polar surface area (TPSA) is 44.9 Å². The number of H-pyrrole nitrogens is 1. The number of carbonyl (C=O) groups is 1. The molecule has 0 aliphatic heterocycles. The third kappa shape index (κ3) is 3.27. The van der Waals surface area contributed by atoms with Gasteiger partial charge >= 0.3 is 12.1 Å². The number of alkyl halides is 3. The molecule has 0 saturated carbocycles. The van der Waals surface area contributed by atoms with Crippen molar-refractivity contribution < 1.29 is 18.0 Å². The summed E-state index contributed by atoms with van der Waals surface area (Å²) in [4.78, 5) is 14.3. The predicted octanol–water partition coefficient (Wildman–Crippen LogP) is 3.98. The maximum absolute atomic E-state index is 12.5. The Hall–Kier alpha value is -2.76. The second kappa shape index (κ2) is 6.39. The fourth-order valence-corrected chi connectivity index (χ4v) is 2.77.